The van der Waals surface area contributed by atoms with Gasteiger partial charge in [-0.15, -0.1) is 0 Å². The number of nitrogens with zero attached hydrogens (tertiary/aromatic N) is 1. The van der Waals surface area contributed by atoms with E-state index in [4.69, 9.17) is 9.47 Å². The van der Waals surface area contributed by atoms with Crippen molar-refractivity contribution in [3.05, 3.63) is 29.8 Å². The summed E-state index contributed by atoms with van der Waals surface area (Å²) < 4.78 is 10.1. The molecule has 7 heteroatoms. The van der Waals surface area contributed by atoms with E-state index in [0.29, 0.717) is 11.3 Å². The summed E-state index contributed by atoms with van der Waals surface area (Å²) in [6, 6.07) is 6.19. The highest BCUT2D eigenvalue weighted by Gasteiger charge is 2.49. The molecule has 0 aromatic heterocycles. The van der Waals surface area contributed by atoms with Crippen LogP contribution in [0, 0.1) is 0 Å². The van der Waals surface area contributed by atoms with Crippen LogP contribution in [0.2, 0.25) is 0 Å². The lowest BCUT2D eigenvalue weighted by atomic mass is 9.92. The highest BCUT2D eigenvalue weighted by molar-refractivity contribution is 6.08. The molecule has 124 valence electrons. The summed E-state index contributed by atoms with van der Waals surface area (Å²) in [4.78, 5) is 37.3. The average molecular weight is 320 g/mol. The van der Waals surface area contributed by atoms with Crippen LogP contribution in [0.25, 0.3) is 0 Å². The molecule has 1 atom stereocenters. The van der Waals surface area contributed by atoms with Gasteiger partial charge in [-0.2, -0.15) is 0 Å². The Balaban J connectivity index is 2.20. The molecule has 23 heavy (non-hydrogen) atoms. The predicted octanol–water partition coefficient (Wildman–Crippen LogP) is 1.41. The van der Waals surface area contributed by atoms with Crippen LogP contribution >= 0.6 is 0 Å². The number of ether oxygens (including phenoxy) is 2. The van der Waals surface area contributed by atoms with Crippen molar-refractivity contribution in [3.63, 3.8) is 0 Å². The molecule has 2 rings (SSSR count). The molecule has 1 aliphatic heterocycles. The molecule has 1 heterocycles. The summed E-state index contributed by atoms with van der Waals surface area (Å²) in [5.74, 6) is -0.470. The lowest BCUT2D eigenvalue weighted by Gasteiger charge is -2.22. The summed E-state index contributed by atoms with van der Waals surface area (Å²) in [5, 5.41) is 2.63. The highest BCUT2D eigenvalue weighted by atomic mass is 16.5. The normalized spacial score (nSPS) is 20.7. The zero-order valence-electron chi connectivity index (χ0n) is 13.6. The summed E-state index contributed by atoms with van der Waals surface area (Å²) >= 11 is 0. The van der Waals surface area contributed by atoms with Gasteiger partial charge in [0.2, 0.25) is 0 Å². The number of hydrogen-bond acceptors (Lipinski definition) is 5. The van der Waals surface area contributed by atoms with Gasteiger partial charge in [-0.05, 0) is 38.5 Å². The van der Waals surface area contributed by atoms with Crippen molar-refractivity contribution < 1.29 is 23.9 Å². The maximum atomic E-state index is 12.6. The monoisotopic (exact) mass is 320 g/mol. The Hall–Kier alpha value is -2.57. The quantitative estimate of drug-likeness (QED) is 0.655. The van der Waals surface area contributed by atoms with E-state index in [0.717, 1.165) is 4.90 Å². The fourth-order valence-electron chi connectivity index (χ4n) is 2.39. The minimum Gasteiger partial charge on any atom is -0.497 e. The number of benzene rings is 1. The molecule has 0 saturated carbocycles. The minimum atomic E-state index is -1.22. The van der Waals surface area contributed by atoms with E-state index in [9.17, 15) is 14.4 Å². The van der Waals surface area contributed by atoms with Gasteiger partial charge >= 0.3 is 12.0 Å². The van der Waals surface area contributed by atoms with E-state index >= 15 is 0 Å². The number of hydrogen-bond donors (Lipinski definition) is 1. The Kier molecular flexibility index (Phi) is 4.58. The van der Waals surface area contributed by atoms with Crippen molar-refractivity contribution in [2.75, 3.05) is 13.7 Å². The molecule has 1 fully saturated rings. The smallest absolute Gasteiger partial charge is 0.326 e. The fraction of sp³-hybridized carbons (Fsp3) is 0.438. The molecular formula is C16H20N2O5. The predicted molar refractivity (Wildman–Crippen MR) is 81.8 cm³/mol. The molecule has 1 N–H and O–H groups in total. The molecule has 1 aromatic carbocycles. The van der Waals surface area contributed by atoms with E-state index < -0.39 is 30.0 Å². The number of methoxy groups -OCH3 is 1. The lowest BCUT2D eigenvalue weighted by Crippen LogP contribution is -2.41. The zero-order valence-corrected chi connectivity index (χ0v) is 13.6. The maximum Gasteiger partial charge on any atom is 0.326 e. The van der Waals surface area contributed by atoms with E-state index in [2.05, 4.69) is 5.32 Å². The van der Waals surface area contributed by atoms with Gasteiger partial charge in [-0.25, -0.2) is 4.79 Å². The number of carbonyl (C=O) groups excluding carboxylic acids is 3. The SMILES string of the molecule is COc1ccc(C2(C)NC(=O)N(CC(=O)OC(C)C)C2=O)cc1. The first-order valence-electron chi connectivity index (χ1n) is 7.26. The van der Waals surface area contributed by atoms with Gasteiger partial charge in [0.25, 0.3) is 5.91 Å². The number of carbonyl (C=O) groups is 3. The van der Waals surface area contributed by atoms with Gasteiger partial charge in [-0.3, -0.25) is 14.5 Å². The van der Waals surface area contributed by atoms with E-state index in [1.165, 1.54) is 0 Å². The third kappa shape index (κ3) is 3.28. The van der Waals surface area contributed by atoms with Crippen molar-refractivity contribution in [3.8, 4) is 5.75 Å². The van der Waals surface area contributed by atoms with Gasteiger partial charge in [0.1, 0.15) is 17.8 Å². The van der Waals surface area contributed by atoms with Gasteiger partial charge in [0, 0.05) is 0 Å². The van der Waals surface area contributed by atoms with Crippen molar-refractivity contribution in [2.45, 2.75) is 32.4 Å². The van der Waals surface area contributed by atoms with Crippen molar-refractivity contribution in [1.82, 2.24) is 10.2 Å². The van der Waals surface area contributed by atoms with E-state index in [-0.39, 0.29) is 6.10 Å². The molecule has 1 aliphatic rings. The first-order chi connectivity index (χ1) is 10.8. The summed E-state index contributed by atoms with van der Waals surface area (Å²) in [6.45, 7) is 4.59. The lowest BCUT2D eigenvalue weighted by molar-refractivity contribution is -0.150. The molecular weight excluding hydrogens is 300 g/mol. The number of urea groups is 1. The molecule has 7 nitrogen and oxygen atoms in total. The number of amides is 3. The maximum absolute atomic E-state index is 12.6. The van der Waals surface area contributed by atoms with Crippen molar-refractivity contribution >= 4 is 17.9 Å². The Morgan fingerprint density at radius 2 is 1.87 bits per heavy atom. The Bertz CT molecular complexity index is 626. The molecule has 0 aliphatic carbocycles. The zero-order chi connectivity index (χ0) is 17.2. The van der Waals surface area contributed by atoms with Gasteiger partial charge in [-0.1, -0.05) is 12.1 Å². The molecule has 1 aromatic rings. The topological polar surface area (TPSA) is 84.9 Å². The second-order valence-electron chi connectivity index (χ2n) is 5.71. The van der Waals surface area contributed by atoms with Crippen LogP contribution in [0.4, 0.5) is 4.79 Å². The van der Waals surface area contributed by atoms with E-state index in [1.54, 1.807) is 52.1 Å². The van der Waals surface area contributed by atoms with Crippen molar-refractivity contribution in [1.29, 1.82) is 0 Å². The van der Waals surface area contributed by atoms with Crippen LogP contribution in [0.1, 0.15) is 26.3 Å². The van der Waals surface area contributed by atoms with Gasteiger partial charge < -0.3 is 14.8 Å². The van der Waals surface area contributed by atoms with Crippen LogP contribution in [-0.2, 0) is 19.9 Å². The second kappa shape index (κ2) is 6.28. The molecule has 0 spiro atoms. The first kappa shape index (κ1) is 16.8. The third-order valence-corrected chi connectivity index (χ3v) is 3.60. The molecule has 1 unspecified atom stereocenters. The molecule has 3 amide bonds. The highest BCUT2D eigenvalue weighted by Crippen LogP contribution is 2.29. The molecule has 0 bridgehead atoms. The largest absolute Gasteiger partial charge is 0.497 e. The second-order valence-corrected chi connectivity index (χ2v) is 5.71. The Labute approximate surface area is 134 Å². The van der Waals surface area contributed by atoms with Crippen LogP contribution in [0.3, 0.4) is 0 Å². The molecule has 1 saturated heterocycles. The first-order valence-corrected chi connectivity index (χ1v) is 7.26. The fourth-order valence-corrected chi connectivity index (χ4v) is 2.39. The number of nitrogens with one attached hydrogen (secondary N) is 1. The number of esters is 1. The average Bonchev–Trinajstić information content (AvgIpc) is 2.71. The van der Waals surface area contributed by atoms with Crippen LogP contribution in [-0.4, -0.2) is 42.6 Å². The van der Waals surface area contributed by atoms with E-state index in [1.807, 2.05) is 0 Å². The van der Waals surface area contributed by atoms with Crippen LogP contribution in [0.15, 0.2) is 24.3 Å². The Morgan fingerprint density at radius 1 is 1.26 bits per heavy atom. The third-order valence-electron chi connectivity index (χ3n) is 3.60. The molecule has 0 radical (unpaired) electrons. The summed E-state index contributed by atoms with van der Waals surface area (Å²) in [6.07, 6.45) is -0.309. The van der Waals surface area contributed by atoms with Gasteiger partial charge in [0.05, 0.1) is 13.2 Å². The standard InChI is InChI=1S/C16H20N2O5/c1-10(2)23-13(19)9-18-14(20)16(3,17-15(18)21)11-5-7-12(22-4)8-6-11/h5-8,10H,9H2,1-4H3,(H,17,21). The number of imide groups is 1. The minimum absolute atomic E-state index is 0.309. The van der Waals surface area contributed by atoms with Gasteiger partial charge in [0.15, 0.2) is 0 Å². The van der Waals surface area contributed by atoms with Crippen LogP contribution in [0.5, 0.6) is 5.75 Å². The Morgan fingerprint density at radius 3 is 2.39 bits per heavy atom. The summed E-state index contributed by atoms with van der Waals surface area (Å²) in [7, 11) is 1.54. The number of rotatable bonds is 5. The summed E-state index contributed by atoms with van der Waals surface area (Å²) in [5.41, 5.74) is -0.613. The van der Waals surface area contributed by atoms with Crippen LogP contribution < -0.4 is 10.1 Å². The van der Waals surface area contributed by atoms with Crippen molar-refractivity contribution in [2.24, 2.45) is 0 Å².